The van der Waals surface area contributed by atoms with Gasteiger partial charge in [-0.05, 0) is 60.6 Å². The molecule has 0 fully saturated rings. The summed E-state index contributed by atoms with van der Waals surface area (Å²) < 4.78 is 0. The van der Waals surface area contributed by atoms with Crippen molar-refractivity contribution in [3.63, 3.8) is 0 Å². The normalized spacial score (nSPS) is 11.7. The molecule has 0 unspecified atom stereocenters. The van der Waals surface area contributed by atoms with Gasteiger partial charge in [0.05, 0.1) is 5.56 Å². The number of aryl methyl sites for hydroxylation is 2. The number of hydrogen-bond acceptors (Lipinski definition) is 7. The van der Waals surface area contributed by atoms with Crippen molar-refractivity contribution in [1.29, 1.82) is 0 Å². The molecule has 0 saturated heterocycles. The third kappa shape index (κ3) is 3.72. The van der Waals surface area contributed by atoms with E-state index in [2.05, 4.69) is 0 Å². The van der Waals surface area contributed by atoms with Crippen LogP contribution < -0.4 is 0 Å². The Bertz CT molecular complexity index is 1680. The molecule has 4 aromatic carbocycles. The number of carbonyl (C=O) groups excluding carboxylic acids is 2. The molecular formula is C31H32O7. The van der Waals surface area contributed by atoms with Gasteiger partial charge in [0, 0.05) is 38.6 Å². The van der Waals surface area contributed by atoms with Crippen LogP contribution >= 0.6 is 0 Å². The highest BCUT2D eigenvalue weighted by Crippen LogP contribution is 2.53. The number of aldehydes is 1. The van der Waals surface area contributed by atoms with Gasteiger partial charge in [-0.15, -0.1) is 0 Å². The second-order valence-corrected chi connectivity index (χ2v) is 10.5. The molecule has 38 heavy (non-hydrogen) atoms. The average Bonchev–Trinajstić information content (AvgIpc) is 2.81. The van der Waals surface area contributed by atoms with E-state index in [1.165, 1.54) is 13.0 Å². The number of hydrogen-bond donors (Lipinski definition) is 5. The molecule has 0 aliphatic carbocycles. The first-order valence-electron chi connectivity index (χ1n) is 12.5. The summed E-state index contributed by atoms with van der Waals surface area (Å²) in [5.41, 5.74) is 2.42. The summed E-state index contributed by atoms with van der Waals surface area (Å²) in [4.78, 5) is 24.6. The van der Waals surface area contributed by atoms with E-state index in [1.807, 2.05) is 27.7 Å². The molecule has 5 N–H and O–H groups in total. The van der Waals surface area contributed by atoms with Crippen LogP contribution in [-0.2, 0) is 0 Å². The van der Waals surface area contributed by atoms with Crippen LogP contribution in [0.3, 0.4) is 0 Å². The number of phenols is 5. The zero-order valence-electron chi connectivity index (χ0n) is 22.5. The molecule has 0 amide bonds. The Balaban J connectivity index is 2.26. The van der Waals surface area contributed by atoms with Crippen LogP contribution in [0.1, 0.15) is 89.4 Å². The topological polar surface area (TPSA) is 135 Å². The Morgan fingerprint density at radius 1 is 0.711 bits per heavy atom. The van der Waals surface area contributed by atoms with Crippen LogP contribution in [0.15, 0.2) is 18.2 Å². The van der Waals surface area contributed by atoms with E-state index in [0.717, 1.165) is 0 Å². The van der Waals surface area contributed by atoms with Gasteiger partial charge in [0.25, 0.3) is 0 Å². The fourth-order valence-corrected chi connectivity index (χ4v) is 5.71. The molecule has 7 heteroatoms. The second kappa shape index (κ2) is 9.24. The lowest BCUT2D eigenvalue weighted by Crippen LogP contribution is -2.02. The maximum absolute atomic E-state index is 12.6. The predicted molar refractivity (Wildman–Crippen MR) is 148 cm³/mol. The van der Waals surface area contributed by atoms with Gasteiger partial charge in [-0.25, -0.2) is 0 Å². The van der Waals surface area contributed by atoms with Crippen molar-refractivity contribution in [2.75, 3.05) is 0 Å². The summed E-state index contributed by atoms with van der Waals surface area (Å²) in [6.07, 6.45) is 0.374. The lowest BCUT2D eigenvalue weighted by Gasteiger charge is -2.23. The van der Waals surface area contributed by atoms with Gasteiger partial charge in [-0.3, -0.25) is 9.59 Å². The average molecular weight is 517 g/mol. The van der Waals surface area contributed by atoms with Crippen molar-refractivity contribution in [3.05, 3.63) is 51.6 Å². The summed E-state index contributed by atoms with van der Waals surface area (Å²) >= 11 is 0. The molecule has 0 aliphatic rings. The first kappa shape index (κ1) is 26.8. The van der Waals surface area contributed by atoms with Crippen molar-refractivity contribution < 1.29 is 35.1 Å². The minimum atomic E-state index is -0.628. The highest BCUT2D eigenvalue weighted by atomic mass is 16.3. The Kier molecular flexibility index (Phi) is 6.52. The van der Waals surface area contributed by atoms with Crippen LogP contribution in [0.5, 0.6) is 28.7 Å². The minimum absolute atomic E-state index is 0.0406. The smallest absolute Gasteiger partial charge is 0.169 e. The Hall–Kier alpha value is -4.26. The van der Waals surface area contributed by atoms with Crippen LogP contribution in [0.2, 0.25) is 0 Å². The number of ketones is 1. The minimum Gasteiger partial charge on any atom is -0.508 e. The fourth-order valence-electron chi connectivity index (χ4n) is 5.71. The molecule has 0 atom stereocenters. The number of rotatable bonds is 5. The fraction of sp³-hybridized carbons (Fsp3) is 0.290. The number of benzene rings is 4. The zero-order valence-corrected chi connectivity index (χ0v) is 22.5. The summed E-state index contributed by atoms with van der Waals surface area (Å²) in [6, 6.07) is 4.83. The lowest BCUT2D eigenvalue weighted by molar-refractivity contribution is 0.101. The van der Waals surface area contributed by atoms with Crippen molar-refractivity contribution in [2.45, 2.75) is 60.3 Å². The maximum Gasteiger partial charge on any atom is 0.169 e. The van der Waals surface area contributed by atoms with E-state index in [4.69, 9.17) is 0 Å². The summed E-state index contributed by atoms with van der Waals surface area (Å²) in [5, 5.41) is 56.6. The third-order valence-electron chi connectivity index (χ3n) is 7.31. The Morgan fingerprint density at radius 2 is 1.18 bits per heavy atom. The SMILES string of the molecule is CC(=O)c1cc(O)c(C(C)C)c2cc(C)c(-c3c(C)cc4c(C(C)C)c(O)c(O)c(C=O)c4c3O)c(O)c12. The zero-order chi connectivity index (χ0) is 28.4. The molecule has 0 bridgehead atoms. The van der Waals surface area contributed by atoms with Crippen LogP contribution in [0, 0.1) is 13.8 Å². The van der Waals surface area contributed by atoms with E-state index >= 15 is 0 Å². The van der Waals surface area contributed by atoms with Gasteiger partial charge >= 0.3 is 0 Å². The van der Waals surface area contributed by atoms with Crippen LogP contribution in [-0.4, -0.2) is 37.6 Å². The van der Waals surface area contributed by atoms with Crippen molar-refractivity contribution in [2.24, 2.45) is 0 Å². The van der Waals surface area contributed by atoms with Crippen molar-refractivity contribution in [3.8, 4) is 39.9 Å². The van der Waals surface area contributed by atoms with E-state index < -0.39 is 11.5 Å². The van der Waals surface area contributed by atoms with Gasteiger partial charge in [-0.1, -0.05) is 39.8 Å². The summed E-state index contributed by atoms with van der Waals surface area (Å²) in [6.45, 7) is 12.3. The van der Waals surface area contributed by atoms with Crippen LogP contribution in [0.25, 0.3) is 32.7 Å². The van der Waals surface area contributed by atoms with Gasteiger partial charge in [0.15, 0.2) is 23.6 Å². The standard InChI is InChI=1S/C31H32O7/c1-12(2)22-18-8-14(5)24(29(36)26(18)17(16(7)33)10-21(22)34)25-15(6)9-19-23(13(3)4)31(38)28(35)20(11-32)27(19)30(25)37/h8-13,34-38H,1-7H3. The number of aromatic hydroxyl groups is 5. The molecule has 0 spiro atoms. The molecule has 0 saturated carbocycles. The maximum atomic E-state index is 12.6. The van der Waals surface area contributed by atoms with Gasteiger partial charge < -0.3 is 25.5 Å². The second-order valence-electron chi connectivity index (χ2n) is 10.5. The van der Waals surface area contributed by atoms with Gasteiger partial charge in [-0.2, -0.15) is 0 Å². The molecule has 0 radical (unpaired) electrons. The summed E-state index contributed by atoms with van der Waals surface area (Å²) in [7, 11) is 0. The first-order valence-corrected chi connectivity index (χ1v) is 12.5. The van der Waals surface area contributed by atoms with E-state index in [0.29, 0.717) is 39.3 Å². The van der Waals surface area contributed by atoms with Crippen LogP contribution in [0.4, 0.5) is 0 Å². The molecule has 4 rings (SSSR count). The Morgan fingerprint density at radius 3 is 1.63 bits per heavy atom. The molecule has 198 valence electrons. The van der Waals surface area contributed by atoms with Gasteiger partial charge in [0.2, 0.25) is 0 Å². The molecule has 7 nitrogen and oxygen atoms in total. The highest BCUT2D eigenvalue weighted by Gasteiger charge is 2.28. The van der Waals surface area contributed by atoms with E-state index in [1.54, 1.807) is 26.0 Å². The molecule has 0 heterocycles. The highest BCUT2D eigenvalue weighted by molar-refractivity contribution is 6.15. The largest absolute Gasteiger partial charge is 0.508 e. The number of phenolic OH excluding ortho intramolecular Hbond substituents is 5. The number of carbonyl (C=O) groups is 2. The number of fused-ring (bicyclic) bond motifs is 2. The first-order chi connectivity index (χ1) is 17.7. The van der Waals surface area contributed by atoms with Gasteiger partial charge in [0.1, 0.15) is 17.2 Å². The predicted octanol–water partition coefficient (Wildman–Crippen LogP) is 7.07. The lowest BCUT2D eigenvalue weighted by atomic mass is 9.83. The molecular weight excluding hydrogens is 484 g/mol. The molecule has 0 aliphatic heterocycles. The Labute approximate surface area is 220 Å². The van der Waals surface area contributed by atoms with Crippen molar-refractivity contribution in [1.82, 2.24) is 0 Å². The molecule has 0 aromatic heterocycles. The van der Waals surface area contributed by atoms with E-state index in [9.17, 15) is 35.1 Å². The number of Topliss-reactive ketones (excluding diaryl/α,β-unsaturated/α-hetero) is 1. The molecule has 4 aromatic rings. The third-order valence-corrected chi connectivity index (χ3v) is 7.31. The monoisotopic (exact) mass is 516 g/mol. The quantitative estimate of drug-likeness (QED) is 0.109. The summed E-state index contributed by atoms with van der Waals surface area (Å²) in [5.74, 6) is -2.39. The van der Waals surface area contributed by atoms with E-state index in [-0.39, 0.29) is 67.9 Å². The van der Waals surface area contributed by atoms with Crippen molar-refractivity contribution >= 4 is 33.6 Å².